The summed E-state index contributed by atoms with van der Waals surface area (Å²) in [6.07, 6.45) is 1.75. The topological polar surface area (TPSA) is 37.4 Å². The number of nitrogens with zero attached hydrogens (tertiary/aromatic N) is 1. The molecule has 1 saturated carbocycles. The number of rotatable bonds is 2. The van der Waals surface area contributed by atoms with Gasteiger partial charge in [0.25, 0.3) is 0 Å². The molecule has 96 valence electrons. The van der Waals surface area contributed by atoms with E-state index in [1.807, 2.05) is 12.1 Å². The summed E-state index contributed by atoms with van der Waals surface area (Å²) in [5.74, 6) is 0.496. The largest absolute Gasteiger partial charge is 0.277 e. The third kappa shape index (κ3) is 1.93. The molecule has 18 heavy (non-hydrogen) atoms. The maximum absolute atomic E-state index is 12.3. The molecule has 3 nitrogen and oxygen atoms in total. The summed E-state index contributed by atoms with van der Waals surface area (Å²) < 4.78 is 1.03. The van der Waals surface area contributed by atoms with Crippen LogP contribution in [0.4, 0.5) is 0 Å². The first-order chi connectivity index (χ1) is 8.56. The van der Waals surface area contributed by atoms with Gasteiger partial charge in [0, 0.05) is 4.88 Å². The standard InChI is InChI=1S/C13H14BrNO2S/c1-7-4-9-10(5-7)13(17)15(12(9)16)6-8-2-3-11(14)18-8/h2-3,7,9-10H,4-6H2,1H3. The van der Waals surface area contributed by atoms with Crippen molar-refractivity contribution in [1.82, 2.24) is 4.90 Å². The molecule has 1 aliphatic carbocycles. The second-order valence-corrected chi connectivity index (χ2v) is 7.81. The van der Waals surface area contributed by atoms with Crippen molar-refractivity contribution in [2.75, 3.05) is 0 Å². The fourth-order valence-corrected chi connectivity index (χ4v) is 4.57. The normalized spacial score (nSPS) is 31.2. The Bertz CT molecular complexity index is 489. The molecule has 2 atom stereocenters. The van der Waals surface area contributed by atoms with Gasteiger partial charge in [0.2, 0.25) is 11.8 Å². The highest BCUT2D eigenvalue weighted by Crippen LogP contribution is 2.43. The molecule has 1 aromatic heterocycles. The Morgan fingerprint density at radius 1 is 1.28 bits per heavy atom. The molecule has 2 unspecified atom stereocenters. The molecule has 2 amide bonds. The SMILES string of the molecule is CC1CC2C(=O)N(Cc3ccc(Br)s3)C(=O)C2C1. The molecule has 0 radical (unpaired) electrons. The van der Waals surface area contributed by atoms with E-state index in [2.05, 4.69) is 22.9 Å². The van der Waals surface area contributed by atoms with Gasteiger partial charge in [0.15, 0.2) is 0 Å². The van der Waals surface area contributed by atoms with Gasteiger partial charge in [-0.15, -0.1) is 11.3 Å². The van der Waals surface area contributed by atoms with Crippen molar-refractivity contribution in [2.24, 2.45) is 17.8 Å². The Hall–Kier alpha value is -0.680. The van der Waals surface area contributed by atoms with Crippen molar-refractivity contribution in [2.45, 2.75) is 26.3 Å². The van der Waals surface area contributed by atoms with Crippen LogP contribution in [0.15, 0.2) is 15.9 Å². The Kier molecular flexibility index (Phi) is 3.06. The summed E-state index contributed by atoms with van der Waals surface area (Å²) in [7, 11) is 0. The van der Waals surface area contributed by atoms with E-state index in [1.165, 1.54) is 4.90 Å². The van der Waals surface area contributed by atoms with Crippen LogP contribution in [0.25, 0.3) is 0 Å². The summed E-state index contributed by atoms with van der Waals surface area (Å²) in [5, 5.41) is 0. The molecule has 3 rings (SSSR count). The third-order valence-corrected chi connectivity index (χ3v) is 5.52. The molecule has 2 aliphatic rings. The van der Waals surface area contributed by atoms with Gasteiger partial charge in [0.1, 0.15) is 0 Å². The van der Waals surface area contributed by atoms with Crippen LogP contribution in [-0.2, 0) is 16.1 Å². The van der Waals surface area contributed by atoms with Gasteiger partial charge in [-0.25, -0.2) is 0 Å². The van der Waals surface area contributed by atoms with E-state index in [-0.39, 0.29) is 23.7 Å². The first kappa shape index (κ1) is 12.4. The summed E-state index contributed by atoms with van der Waals surface area (Å²) in [6.45, 7) is 2.56. The quantitative estimate of drug-likeness (QED) is 0.783. The number of halogens is 1. The maximum atomic E-state index is 12.3. The van der Waals surface area contributed by atoms with E-state index >= 15 is 0 Å². The van der Waals surface area contributed by atoms with Gasteiger partial charge in [-0.1, -0.05) is 6.92 Å². The van der Waals surface area contributed by atoms with Crippen LogP contribution in [0, 0.1) is 17.8 Å². The van der Waals surface area contributed by atoms with Gasteiger partial charge in [-0.05, 0) is 46.8 Å². The van der Waals surface area contributed by atoms with Crippen molar-refractivity contribution in [3.05, 3.63) is 20.8 Å². The van der Waals surface area contributed by atoms with E-state index in [1.54, 1.807) is 11.3 Å². The number of hydrogen-bond acceptors (Lipinski definition) is 3. The zero-order chi connectivity index (χ0) is 12.9. The predicted molar refractivity (Wildman–Crippen MR) is 73.0 cm³/mol. The first-order valence-corrected chi connectivity index (χ1v) is 7.76. The zero-order valence-corrected chi connectivity index (χ0v) is 12.5. The van der Waals surface area contributed by atoms with Crippen LogP contribution in [-0.4, -0.2) is 16.7 Å². The molecule has 0 spiro atoms. The van der Waals surface area contributed by atoms with Crippen molar-refractivity contribution >= 4 is 39.1 Å². The smallest absolute Gasteiger partial charge is 0.233 e. The molecule has 1 aromatic rings. The molecule has 0 N–H and O–H groups in total. The number of amides is 2. The van der Waals surface area contributed by atoms with Crippen LogP contribution < -0.4 is 0 Å². The summed E-state index contributed by atoms with van der Waals surface area (Å²) in [4.78, 5) is 27.0. The average Bonchev–Trinajstić information content (AvgIpc) is 2.95. The molecule has 2 heterocycles. The highest BCUT2D eigenvalue weighted by molar-refractivity contribution is 9.11. The summed E-state index contributed by atoms with van der Waals surface area (Å²) >= 11 is 4.98. The lowest BCUT2D eigenvalue weighted by atomic mass is 10.00. The number of likely N-dealkylation sites (tertiary alicyclic amines) is 1. The van der Waals surface area contributed by atoms with Crippen molar-refractivity contribution in [3.63, 3.8) is 0 Å². The van der Waals surface area contributed by atoms with Crippen molar-refractivity contribution in [1.29, 1.82) is 0 Å². The molecular weight excluding hydrogens is 314 g/mol. The number of carbonyl (C=O) groups excluding carboxylic acids is 2. The minimum atomic E-state index is -0.0455. The number of hydrogen-bond donors (Lipinski definition) is 0. The minimum Gasteiger partial charge on any atom is -0.277 e. The lowest BCUT2D eigenvalue weighted by Gasteiger charge is -2.15. The Balaban J connectivity index is 1.79. The molecule has 0 bridgehead atoms. The number of thiophene rings is 1. The van der Waals surface area contributed by atoms with Crippen LogP contribution in [0.1, 0.15) is 24.6 Å². The molecule has 5 heteroatoms. The van der Waals surface area contributed by atoms with Gasteiger partial charge in [-0.2, -0.15) is 0 Å². The van der Waals surface area contributed by atoms with E-state index in [0.29, 0.717) is 12.5 Å². The Labute approximate surface area is 118 Å². The molecule has 1 aliphatic heterocycles. The fourth-order valence-electron chi connectivity index (χ4n) is 3.09. The maximum Gasteiger partial charge on any atom is 0.233 e. The first-order valence-electron chi connectivity index (χ1n) is 6.15. The highest BCUT2D eigenvalue weighted by Gasteiger charge is 2.51. The Morgan fingerprint density at radius 2 is 1.89 bits per heavy atom. The number of carbonyl (C=O) groups is 2. The molecular formula is C13H14BrNO2S. The lowest BCUT2D eigenvalue weighted by molar-refractivity contribution is -0.141. The van der Waals surface area contributed by atoms with Crippen LogP contribution in [0.3, 0.4) is 0 Å². The second-order valence-electron chi connectivity index (χ2n) is 5.26. The highest BCUT2D eigenvalue weighted by atomic mass is 79.9. The monoisotopic (exact) mass is 327 g/mol. The zero-order valence-electron chi connectivity index (χ0n) is 10.1. The van der Waals surface area contributed by atoms with E-state index < -0.39 is 0 Å². The van der Waals surface area contributed by atoms with Crippen LogP contribution >= 0.6 is 27.3 Å². The Morgan fingerprint density at radius 3 is 2.39 bits per heavy atom. The van der Waals surface area contributed by atoms with E-state index in [4.69, 9.17) is 0 Å². The average molecular weight is 328 g/mol. The predicted octanol–water partition coefficient (Wildman–Crippen LogP) is 3.04. The second kappa shape index (κ2) is 4.46. The molecule has 0 aromatic carbocycles. The number of imide groups is 1. The van der Waals surface area contributed by atoms with Gasteiger partial charge >= 0.3 is 0 Å². The summed E-state index contributed by atoms with van der Waals surface area (Å²) in [6, 6.07) is 3.92. The van der Waals surface area contributed by atoms with Gasteiger partial charge < -0.3 is 0 Å². The lowest BCUT2D eigenvalue weighted by Crippen LogP contribution is -2.31. The van der Waals surface area contributed by atoms with Crippen molar-refractivity contribution < 1.29 is 9.59 Å². The number of fused-ring (bicyclic) bond motifs is 1. The van der Waals surface area contributed by atoms with E-state index in [9.17, 15) is 9.59 Å². The fraction of sp³-hybridized carbons (Fsp3) is 0.538. The van der Waals surface area contributed by atoms with E-state index in [0.717, 1.165) is 21.5 Å². The van der Waals surface area contributed by atoms with Crippen molar-refractivity contribution in [3.8, 4) is 0 Å². The third-order valence-electron chi connectivity index (χ3n) is 3.91. The van der Waals surface area contributed by atoms with Crippen LogP contribution in [0.2, 0.25) is 0 Å². The van der Waals surface area contributed by atoms with Gasteiger partial charge in [-0.3, -0.25) is 14.5 Å². The van der Waals surface area contributed by atoms with Gasteiger partial charge in [0.05, 0.1) is 22.2 Å². The van der Waals surface area contributed by atoms with Crippen LogP contribution in [0.5, 0.6) is 0 Å². The minimum absolute atomic E-state index is 0.0406. The summed E-state index contributed by atoms with van der Waals surface area (Å²) in [5.41, 5.74) is 0. The molecule has 2 fully saturated rings. The molecule has 1 saturated heterocycles.